The number of carbonyl (C=O) groups excluding carboxylic acids is 3. The van der Waals surface area contributed by atoms with E-state index in [2.05, 4.69) is 5.32 Å². The lowest BCUT2D eigenvalue weighted by atomic mass is 10.2. The van der Waals surface area contributed by atoms with Crippen LogP contribution in [0.5, 0.6) is 0 Å². The minimum atomic E-state index is -0.670. The molecule has 0 bridgehead atoms. The maximum Gasteiger partial charge on any atom is 0.313 e. The number of rotatable bonds is 2. The van der Waals surface area contributed by atoms with Gasteiger partial charge >= 0.3 is 11.8 Å². The third kappa shape index (κ3) is 3.88. The standard InChI is InChI=1S/C18H19N3O4/c1-13-4-2-5-14(12-13)19-16(22)18(24)21-9-7-20(8-10-21)17(23)15-6-3-11-25-15/h2-6,11-12H,7-10H2,1H3,(H,19,22). The summed E-state index contributed by atoms with van der Waals surface area (Å²) in [5.74, 6) is -1.19. The lowest BCUT2D eigenvalue weighted by molar-refractivity contribution is -0.144. The molecule has 2 aromatic rings. The zero-order valence-corrected chi connectivity index (χ0v) is 13.9. The average Bonchev–Trinajstić information content (AvgIpc) is 3.15. The van der Waals surface area contributed by atoms with Crippen LogP contribution in [0.4, 0.5) is 5.69 Å². The van der Waals surface area contributed by atoms with Crippen molar-refractivity contribution in [2.75, 3.05) is 31.5 Å². The molecule has 0 atom stereocenters. The first-order valence-corrected chi connectivity index (χ1v) is 8.04. The van der Waals surface area contributed by atoms with Gasteiger partial charge in [0.2, 0.25) is 0 Å². The normalized spacial score (nSPS) is 14.3. The monoisotopic (exact) mass is 341 g/mol. The number of nitrogens with one attached hydrogen (secondary N) is 1. The second-order valence-electron chi connectivity index (χ2n) is 5.89. The van der Waals surface area contributed by atoms with Gasteiger partial charge in [-0.15, -0.1) is 0 Å². The van der Waals surface area contributed by atoms with E-state index in [1.807, 2.05) is 19.1 Å². The fourth-order valence-electron chi connectivity index (χ4n) is 2.72. The molecule has 1 aromatic heterocycles. The van der Waals surface area contributed by atoms with Crippen LogP contribution in [0.1, 0.15) is 16.1 Å². The van der Waals surface area contributed by atoms with Crippen LogP contribution >= 0.6 is 0 Å². The summed E-state index contributed by atoms with van der Waals surface area (Å²) in [5.41, 5.74) is 1.58. The van der Waals surface area contributed by atoms with E-state index in [0.29, 0.717) is 31.9 Å². The summed E-state index contributed by atoms with van der Waals surface area (Å²) in [6.45, 7) is 3.26. The van der Waals surface area contributed by atoms with Crippen molar-refractivity contribution in [2.45, 2.75) is 6.92 Å². The summed E-state index contributed by atoms with van der Waals surface area (Å²) < 4.78 is 5.10. The van der Waals surface area contributed by atoms with E-state index >= 15 is 0 Å². The van der Waals surface area contributed by atoms with E-state index in [4.69, 9.17) is 4.42 Å². The number of furan rings is 1. The molecule has 3 rings (SSSR count). The van der Waals surface area contributed by atoms with Crippen LogP contribution in [0.15, 0.2) is 47.1 Å². The van der Waals surface area contributed by atoms with Crippen LogP contribution in [0.2, 0.25) is 0 Å². The molecule has 1 N–H and O–H groups in total. The van der Waals surface area contributed by atoms with Crippen LogP contribution in [-0.2, 0) is 9.59 Å². The quantitative estimate of drug-likeness (QED) is 0.840. The summed E-state index contributed by atoms with van der Waals surface area (Å²) in [4.78, 5) is 39.7. The summed E-state index contributed by atoms with van der Waals surface area (Å²) >= 11 is 0. The van der Waals surface area contributed by atoms with Gasteiger partial charge < -0.3 is 19.5 Å². The first-order chi connectivity index (χ1) is 12.0. The number of amides is 3. The van der Waals surface area contributed by atoms with Crippen LogP contribution < -0.4 is 5.32 Å². The molecule has 2 heterocycles. The molecule has 1 aromatic carbocycles. The summed E-state index contributed by atoms with van der Waals surface area (Å²) in [6.07, 6.45) is 1.45. The largest absolute Gasteiger partial charge is 0.459 e. The van der Waals surface area contributed by atoms with E-state index in [1.54, 1.807) is 29.2 Å². The maximum atomic E-state index is 12.3. The highest BCUT2D eigenvalue weighted by atomic mass is 16.3. The van der Waals surface area contributed by atoms with E-state index in [-0.39, 0.29) is 11.7 Å². The van der Waals surface area contributed by atoms with Gasteiger partial charge in [-0.05, 0) is 36.8 Å². The molecule has 1 aliphatic rings. The highest BCUT2D eigenvalue weighted by Gasteiger charge is 2.29. The first kappa shape index (κ1) is 16.8. The molecule has 1 saturated heterocycles. The number of hydrogen-bond acceptors (Lipinski definition) is 4. The average molecular weight is 341 g/mol. The highest BCUT2D eigenvalue weighted by Crippen LogP contribution is 2.12. The van der Waals surface area contributed by atoms with Gasteiger partial charge in [0.25, 0.3) is 5.91 Å². The molecule has 7 heteroatoms. The third-order valence-electron chi connectivity index (χ3n) is 4.06. The van der Waals surface area contributed by atoms with Gasteiger partial charge in [0, 0.05) is 31.9 Å². The van der Waals surface area contributed by atoms with E-state index in [0.717, 1.165) is 5.56 Å². The zero-order valence-electron chi connectivity index (χ0n) is 13.9. The topological polar surface area (TPSA) is 82.9 Å². The molecule has 0 spiro atoms. The van der Waals surface area contributed by atoms with Gasteiger partial charge in [-0.1, -0.05) is 12.1 Å². The Morgan fingerprint density at radius 1 is 1.00 bits per heavy atom. The van der Waals surface area contributed by atoms with Crippen LogP contribution in [0, 0.1) is 6.92 Å². The summed E-state index contributed by atoms with van der Waals surface area (Å²) in [5, 5.41) is 2.61. The van der Waals surface area contributed by atoms with Gasteiger partial charge in [-0.2, -0.15) is 0 Å². The molecule has 1 aliphatic heterocycles. The molecule has 25 heavy (non-hydrogen) atoms. The number of hydrogen-bond donors (Lipinski definition) is 1. The van der Waals surface area contributed by atoms with E-state index in [9.17, 15) is 14.4 Å². The Hall–Kier alpha value is -3.09. The molecule has 3 amide bonds. The number of nitrogens with zero attached hydrogens (tertiary/aromatic N) is 2. The van der Waals surface area contributed by atoms with Crippen molar-refractivity contribution in [1.82, 2.24) is 9.80 Å². The molecule has 0 unspecified atom stereocenters. The van der Waals surface area contributed by atoms with E-state index in [1.165, 1.54) is 11.2 Å². The fraction of sp³-hybridized carbons (Fsp3) is 0.278. The van der Waals surface area contributed by atoms with Crippen molar-refractivity contribution < 1.29 is 18.8 Å². The molecule has 0 saturated carbocycles. The summed E-state index contributed by atoms with van der Waals surface area (Å²) in [7, 11) is 0. The second-order valence-corrected chi connectivity index (χ2v) is 5.89. The molecule has 0 aliphatic carbocycles. The van der Waals surface area contributed by atoms with E-state index < -0.39 is 11.8 Å². The smallest absolute Gasteiger partial charge is 0.313 e. The van der Waals surface area contributed by atoms with Gasteiger partial charge in [-0.3, -0.25) is 14.4 Å². The Balaban J connectivity index is 1.54. The lowest BCUT2D eigenvalue weighted by Crippen LogP contribution is -2.52. The van der Waals surface area contributed by atoms with Gasteiger partial charge in [-0.25, -0.2) is 0 Å². The van der Waals surface area contributed by atoms with Crippen molar-refractivity contribution in [3.63, 3.8) is 0 Å². The third-order valence-corrected chi connectivity index (χ3v) is 4.06. The minimum Gasteiger partial charge on any atom is -0.459 e. The van der Waals surface area contributed by atoms with Crippen LogP contribution in [0.3, 0.4) is 0 Å². The number of aryl methyl sites for hydroxylation is 1. The number of piperazine rings is 1. The SMILES string of the molecule is Cc1cccc(NC(=O)C(=O)N2CCN(C(=O)c3ccco3)CC2)c1. The van der Waals surface area contributed by atoms with Crippen LogP contribution in [-0.4, -0.2) is 53.7 Å². The lowest BCUT2D eigenvalue weighted by Gasteiger charge is -2.33. The number of carbonyl (C=O) groups is 3. The molecule has 7 nitrogen and oxygen atoms in total. The van der Waals surface area contributed by atoms with Crippen molar-refractivity contribution in [2.24, 2.45) is 0 Å². The van der Waals surface area contributed by atoms with Crippen molar-refractivity contribution in [3.8, 4) is 0 Å². The molecule has 1 fully saturated rings. The highest BCUT2D eigenvalue weighted by molar-refractivity contribution is 6.39. The maximum absolute atomic E-state index is 12.3. The number of benzene rings is 1. The Kier molecular flexibility index (Phi) is 4.83. The molecule has 130 valence electrons. The van der Waals surface area contributed by atoms with Crippen molar-refractivity contribution in [1.29, 1.82) is 0 Å². The van der Waals surface area contributed by atoms with Crippen LogP contribution in [0.25, 0.3) is 0 Å². The minimum absolute atomic E-state index is 0.207. The van der Waals surface area contributed by atoms with Gasteiger partial charge in [0.05, 0.1) is 6.26 Å². The Bertz CT molecular complexity index is 777. The van der Waals surface area contributed by atoms with Gasteiger partial charge in [0.15, 0.2) is 5.76 Å². The molecule has 0 radical (unpaired) electrons. The molecular formula is C18H19N3O4. The predicted octanol–water partition coefficient (Wildman–Crippen LogP) is 1.51. The second kappa shape index (κ2) is 7.21. The Morgan fingerprint density at radius 3 is 2.36 bits per heavy atom. The van der Waals surface area contributed by atoms with Gasteiger partial charge in [0.1, 0.15) is 0 Å². The van der Waals surface area contributed by atoms with Crippen molar-refractivity contribution >= 4 is 23.4 Å². The molecular weight excluding hydrogens is 322 g/mol. The Labute approximate surface area is 145 Å². The first-order valence-electron chi connectivity index (χ1n) is 8.04. The summed E-state index contributed by atoms with van der Waals surface area (Å²) in [6, 6.07) is 10.5. The Morgan fingerprint density at radius 2 is 1.72 bits per heavy atom. The fourth-order valence-corrected chi connectivity index (χ4v) is 2.72. The van der Waals surface area contributed by atoms with Crippen molar-refractivity contribution in [3.05, 3.63) is 54.0 Å². The predicted molar refractivity (Wildman–Crippen MR) is 91.0 cm³/mol. The number of anilines is 1. The zero-order chi connectivity index (χ0) is 17.8.